The van der Waals surface area contributed by atoms with Gasteiger partial charge >= 0.3 is 5.97 Å². The number of hydrogen-bond acceptors (Lipinski definition) is 5. The van der Waals surface area contributed by atoms with Gasteiger partial charge in [0.05, 0.1) is 12.0 Å². The van der Waals surface area contributed by atoms with Crippen LogP contribution in [0.1, 0.15) is 31.8 Å². The van der Waals surface area contributed by atoms with E-state index in [1.807, 2.05) is 24.1 Å². The molecule has 1 atom stereocenters. The number of carbonyl (C=O) groups excluding carboxylic acids is 2. The van der Waals surface area contributed by atoms with Crippen LogP contribution in [0.5, 0.6) is 0 Å². The highest BCUT2D eigenvalue weighted by atomic mass is 32.1. The molecule has 0 N–H and O–H groups in total. The highest BCUT2D eigenvalue weighted by Gasteiger charge is 2.28. The molecule has 0 fully saturated rings. The van der Waals surface area contributed by atoms with Crippen LogP contribution in [0.25, 0.3) is 0 Å². The van der Waals surface area contributed by atoms with Gasteiger partial charge in [-0.15, -0.1) is 11.3 Å². The topological polar surface area (TPSA) is 49.9 Å². The summed E-state index contributed by atoms with van der Waals surface area (Å²) in [6.07, 6.45) is 0. The number of thiophene rings is 1. The van der Waals surface area contributed by atoms with Gasteiger partial charge in [0.15, 0.2) is 0 Å². The summed E-state index contributed by atoms with van der Waals surface area (Å²) in [6, 6.07) is 11.6. The van der Waals surface area contributed by atoms with Crippen LogP contribution in [-0.2, 0) is 11.3 Å². The van der Waals surface area contributed by atoms with E-state index in [0.717, 1.165) is 17.8 Å². The number of likely N-dealkylation sites (N-methyl/N-ethyl adjacent to an activating group) is 1. The lowest BCUT2D eigenvalue weighted by atomic mass is 10.1. The minimum absolute atomic E-state index is 0.0484. The number of anilines is 1. The molecule has 24 heavy (non-hydrogen) atoms. The molecule has 6 heteroatoms. The molecule has 2 heterocycles. The number of ether oxygens (including phenoxy) is 1. The van der Waals surface area contributed by atoms with E-state index in [1.165, 1.54) is 18.4 Å². The molecule has 3 rings (SSSR count). The Balaban J connectivity index is 1.89. The monoisotopic (exact) mass is 344 g/mol. The molecule has 1 aromatic carbocycles. The third-order valence-electron chi connectivity index (χ3n) is 4.28. The van der Waals surface area contributed by atoms with Crippen molar-refractivity contribution in [2.45, 2.75) is 19.5 Å². The summed E-state index contributed by atoms with van der Waals surface area (Å²) < 4.78 is 4.72. The lowest BCUT2D eigenvalue weighted by Gasteiger charge is -2.28. The zero-order chi connectivity index (χ0) is 17.3. The van der Waals surface area contributed by atoms with Crippen molar-refractivity contribution in [2.75, 3.05) is 25.6 Å². The number of benzene rings is 1. The van der Waals surface area contributed by atoms with Crippen LogP contribution in [0.15, 0.2) is 36.4 Å². The van der Waals surface area contributed by atoms with Crippen LogP contribution in [-0.4, -0.2) is 43.5 Å². The van der Waals surface area contributed by atoms with Crippen LogP contribution in [0, 0.1) is 0 Å². The van der Waals surface area contributed by atoms with Crippen molar-refractivity contribution < 1.29 is 14.3 Å². The number of amides is 1. The number of fused-ring (bicyclic) bond motifs is 1. The van der Waals surface area contributed by atoms with Gasteiger partial charge in [0.2, 0.25) is 0 Å². The van der Waals surface area contributed by atoms with Crippen LogP contribution < -0.4 is 4.90 Å². The molecule has 0 bridgehead atoms. The molecule has 0 saturated heterocycles. The standard InChI is InChI=1S/C18H20N2O3S/c1-12-10-19(2)14-7-5-4-6-13(14)11-20(12)17(21)15-8-9-16(24-15)18(22)23-3/h4-9,12H,10-11H2,1-3H3/t12-/m0/s1. The summed E-state index contributed by atoms with van der Waals surface area (Å²) in [4.78, 5) is 29.6. The van der Waals surface area contributed by atoms with E-state index in [2.05, 4.69) is 24.0 Å². The van der Waals surface area contributed by atoms with Crippen LogP contribution in [0.2, 0.25) is 0 Å². The summed E-state index contributed by atoms with van der Waals surface area (Å²) in [5, 5.41) is 0. The van der Waals surface area contributed by atoms with Crippen molar-refractivity contribution in [1.82, 2.24) is 4.90 Å². The number of hydrogen-bond donors (Lipinski definition) is 0. The Morgan fingerprint density at radius 3 is 2.62 bits per heavy atom. The van der Waals surface area contributed by atoms with Gasteiger partial charge in [0.1, 0.15) is 4.88 Å². The third kappa shape index (κ3) is 3.01. The van der Waals surface area contributed by atoms with E-state index >= 15 is 0 Å². The van der Waals surface area contributed by atoms with E-state index < -0.39 is 5.97 Å². The van der Waals surface area contributed by atoms with Crippen LogP contribution in [0.3, 0.4) is 0 Å². The van der Waals surface area contributed by atoms with E-state index in [0.29, 0.717) is 16.3 Å². The zero-order valence-corrected chi connectivity index (χ0v) is 14.8. The van der Waals surface area contributed by atoms with E-state index in [1.54, 1.807) is 12.1 Å². The second-order valence-electron chi connectivity index (χ2n) is 5.95. The highest BCUT2D eigenvalue weighted by molar-refractivity contribution is 7.15. The van der Waals surface area contributed by atoms with Gasteiger partial charge in [0, 0.05) is 31.9 Å². The first-order chi connectivity index (χ1) is 11.5. The zero-order valence-electron chi connectivity index (χ0n) is 14.0. The van der Waals surface area contributed by atoms with E-state index in [9.17, 15) is 9.59 Å². The molecule has 2 aromatic rings. The molecule has 1 aliphatic rings. The molecular weight excluding hydrogens is 324 g/mol. The number of carbonyl (C=O) groups is 2. The van der Waals surface area contributed by atoms with Crippen molar-refractivity contribution >= 4 is 28.9 Å². The molecule has 0 aliphatic carbocycles. The molecule has 1 aromatic heterocycles. The van der Waals surface area contributed by atoms with Gasteiger partial charge in [-0.25, -0.2) is 4.79 Å². The summed E-state index contributed by atoms with van der Waals surface area (Å²) in [6.45, 7) is 3.37. The molecule has 0 unspecified atom stereocenters. The Morgan fingerprint density at radius 2 is 1.88 bits per heavy atom. The Morgan fingerprint density at radius 1 is 1.17 bits per heavy atom. The second kappa shape index (κ2) is 6.65. The summed E-state index contributed by atoms with van der Waals surface area (Å²) in [5.41, 5.74) is 2.28. The SMILES string of the molecule is COC(=O)c1ccc(C(=O)N2Cc3ccccc3N(C)C[C@@H]2C)s1. The third-order valence-corrected chi connectivity index (χ3v) is 5.33. The molecule has 126 valence electrons. The number of rotatable bonds is 2. The Bertz CT molecular complexity index is 771. The van der Waals surface area contributed by atoms with Gasteiger partial charge in [-0.05, 0) is 30.7 Å². The second-order valence-corrected chi connectivity index (χ2v) is 7.03. The van der Waals surface area contributed by atoms with Crippen molar-refractivity contribution in [1.29, 1.82) is 0 Å². The van der Waals surface area contributed by atoms with Gasteiger partial charge < -0.3 is 14.5 Å². The Hall–Kier alpha value is -2.34. The van der Waals surface area contributed by atoms with E-state index in [4.69, 9.17) is 4.74 Å². The minimum atomic E-state index is -0.409. The van der Waals surface area contributed by atoms with Gasteiger partial charge in [-0.2, -0.15) is 0 Å². The van der Waals surface area contributed by atoms with Crippen molar-refractivity contribution in [2.24, 2.45) is 0 Å². The van der Waals surface area contributed by atoms with Crippen molar-refractivity contribution in [3.8, 4) is 0 Å². The summed E-state index contributed by atoms with van der Waals surface area (Å²) in [7, 11) is 3.39. The molecule has 0 spiro atoms. The maximum atomic E-state index is 13.0. The minimum Gasteiger partial charge on any atom is -0.465 e. The molecule has 5 nitrogen and oxygen atoms in total. The molecule has 0 saturated carbocycles. The van der Waals surface area contributed by atoms with Crippen molar-refractivity contribution in [3.05, 3.63) is 51.7 Å². The maximum absolute atomic E-state index is 13.0. The average molecular weight is 344 g/mol. The summed E-state index contributed by atoms with van der Waals surface area (Å²) >= 11 is 1.18. The fourth-order valence-electron chi connectivity index (χ4n) is 3.03. The first kappa shape index (κ1) is 16.5. The molecular formula is C18H20N2O3S. The van der Waals surface area contributed by atoms with Gasteiger partial charge in [0.25, 0.3) is 5.91 Å². The van der Waals surface area contributed by atoms with Crippen LogP contribution >= 0.6 is 11.3 Å². The number of para-hydroxylation sites is 1. The smallest absolute Gasteiger partial charge is 0.348 e. The Labute approximate surface area is 145 Å². The number of esters is 1. The van der Waals surface area contributed by atoms with E-state index in [-0.39, 0.29) is 11.9 Å². The fourth-order valence-corrected chi connectivity index (χ4v) is 3.91. The van der Waals surface area contributed by atoms with Crippen LogP contribution in [0.4, 0.5) is 5.69 Å². The normalized spacial score (nSPS) is 17.2. The lowest BCUT2D eigenvalue weighted by molar-refractivity contribution is 0.0606. The largest absolute Gasteiger partial charge is 0.465 e. The first-order valence-electron chi connectivity index (χ1n) is 7.79. The highest BCUT2D eigenvalue weighted by Crippen LogP contribution is 2.28. The molecule has 1 aliphatic heterocycles. The predicted molar refractivity (Wildman–Crippen MR) is 94.7 cm³/mol. The Kier molecular flexibility index (Phi) is 4.57. The molecule has 1 amide bonds. The lowest BCUT2D eigenvalue weighted by Crippen LogP contribution is -2.41. The first-order valence-corrected chi connectivity index (χ1v) is 8.61. The number of nitrogens with zero attached hydrogens (tertiary/aromatic N) is 2. The average Bonchev–Trinajstić information content (AvgIpc) is 3.04. The van der Waals surface area contributed by atoms with Crippen molar-refractivity contribution in [3.63, 3.8) is 0 Å². The van der Waals surface area contributed by atoms with Gasteiger partial charge in [-0.3, -0.25) is 4.79 Å². The predicted octanol–water partition coefficient (Wildman–Crippen LogP) is 3.02. The quantitative estimate of drug-likeness (QED) is 0.786. The maximum Gasteiger partial charge on any atom is 0.348 e. The fraction of sp³-hybridized carbons (Fsp3) is 0.333. The summed E-state index contributed by atoms with van der Waals surface area (Å²) in [5.74, 6) is -0.458. The number of methoxy groups -OCH3 is 1. The molecule has 0 radical (unpaired) electrons. The van der Waals surface area contributed by atoms with Gasteiger partial charge in [-0.1, -0.05) is 18.2 Å².